The van der Waals surface area contributed by atoms with Crippen molar-refractivity contribution in [2.75, 3.05) is 4.72 Å². The summed E-state index contributed by atoms with van der Waals surface area (Å²) in [4.78, 5) is 0. The number of hydrogen-bond donors (Lipinski definition) is 1. The van der Waals surface area contributed by atoms with Crippen molar-refractivity contribution >= 4 is 34.6 Å². The van der Waals surface area contributed by atoms with E-state index in [2.05, 4.69) is 0 Å². The molecule has 1 aromatic rings. The molecule has 0 amide bonds. The Morgan fingerprint density at radius 3 is 1.93 bits per heavy atom. The summed E-state index contributed by atoms with van der Waals surface area (Å²) in [6.45, 7) is 0. The van der Waals surface area contributed by atoms with Crippen LogP contribution in [0, 0.1) is 0 Å². The van der Waals surface area contributed by atoms with Gasteiger partial charge in [0.1, 0.15) is 0 Å². The molecular formula is C7H7F3LiNO2S. The Balaban J connectivity index is 0.00000196. The van der Waals surface area contributed by atoms with Crippen molar-refractivity contribution < 1.29 is 21.6 Å². The van der Waals surface area contributed by atoms with Crippen molar-refractivity contribution in [1.29, 1.82) is 0 Å². The van der Waals surface area contributed by atoms with Gasteiger partial charge in [0, 0.05) is 5.69 Å². The van der Waals surface area contributed by atoms with Crippen molar-refractivity contribution in [3.63, 3.8) is 0 Å². The van der Waals surface area contributed by atoms with Crippen molar-refractivity contribution in [1.82, 2.24) is 0 Å². The van der Waals surface area contributed by atoms with Crippen LogP contribution in [0.5, 0.6) is 0 Å². The average molecular weight is 233 g/mol. The Bertz CT molecular complexity index is 404. The quantitative estimate of drug-likeness (QED) is 0.782. The standard InChI is InChI=1S/C7H6F3NO2S.Li.H/c8-7(9,10)14(12,13)11-6-4-2-1-3-5-6;;/h1-5,11H;;. The molecule has 0 saturated heterocycles. The maximum absolute atomic E-state index is 11.9. The molecule has 0 aliphatic rings. The molecular weight excluding hydrogens is 226 g/mol. The molecule has 15 heavy (non-hydrogen) atoms. The van der Waals surface area contributed by atoms with Gasteiger partial charge in [0.15, 0.2) is 0 Å². The van der Waals surface area contributed by atoms with E-state index in [4.69, 9.17) is 0 Å². The third kappa shape index (κ3) is 3.78. The molecule has 0 aromatic heterocycles. The summed E-state index contributed by atoms with van der Waals surface area (Å²) in [6.07, 6.45) is 0. The van der Waals surface area contributed by atoms with E-state index in [1.807, 2.05) is 0 Å². The van der Waals surface area contributed by atoms with Crippen LogP contribution in [0.3, 0.4) is 0 Å². The van der Waals surface area contributed by atoms with E-state index in [-0.39, 0.29) is 24.5 Å². The second-order valence-electron chi connectivity index (χ2n) is 2.42. The van der Waals surface area contributed by atoms with E-state index in [1.165, 1.54) is 29.0 Å². The second-order valence-corrected chi connectivity index (χ2v) is 4.09. The third-order valence-electron chi connectivity index (χ3n) is 1.33. The minimum atomic E-state index is -5.30. The molecule has 0 saturated carbocycles. The Hall–Kier alpha value is -0.643. The molecule has 0 spiro atoms. The summed E-state index contributed by atoms with van der Waals surface area (Å²) < 4.78 is 58.2. The van der Waals surface area contributed by atoms with Crippen LogP contribution in [0.2, 0.25) is 0 Å². The van der Waals surface area contributed by atoms with Gasteiger partial charge in [-0.05, 0) is 12.1 Å². The molecule has 0 aliphatic heterocycles. The monoisotopic (exact) mass is 233 g/mol. The fourth-order valence-electron chi connectivity index (χ4n) is 0.719. The summed E-state index contributed by atoms with van der Waals surface area (Å²) in [5.74, 6) is 0. The predicted octanol–water partition coefficient (Wildman–Crippen LogP) is 1.30. The van der Waals surface area contributed by atoms with Crippen LogP contribution in [0.15, 0.2) is 30.3 Å². The number of sulfonamides is 1. The van der Waals surface area contributed by atoms with E-state index in [0.717, 1.165) is 0 Å². The van der Waals surface area contributed by atoms with Crippen LogP contribution in [-0.2, 0) is 10.0 Å². The van der Waals surface area contributed by atoms with E-state index >= 15 is 0 Å². The third-order valence-corrected chi connectivity index (χ3v) is 2.44. The van der Waals surface area contributed by atoms with Crippen molar-refractivity contribution in [2.45, 2.75) is 5.51 Å². The molecule has 1 N–H and O–H groups in total. The zero-order valence-corrected chi connectivity index (χ0v) is 7.56. The zero-order chi connectivity index (χ0) is 10.8. The molecule has 0 unspecified atom stereocenters. The second kappa shape index (κ2) is 4.92. The molecule has 0 fully saturated rings. The topological polar surface area (TPSA) is 46.2 Å². The Labute approximate surface area is 96.9 Å². The number of benzene rings is 1. The first-order chi connectivity index (χ1) is 6.33. The number of hydrogen-bond acceptors (Lipinski definition) is 2. The molecule has 0 aliphatic carbocycles. The molecule has 8 heteroatoms. The van der Waals surface area contributed by atoms with Crippen LogP contribution in [0.25, 0.3) is 0 Å². The van der Waals surface area contributed by atoms with Gasteiger partial charge in [0.05, 0.1) is 0 Å². The van der Waals surface area contributed by atoms with E-state index in [9.17, 15) is 21.6 Å². The summed E-state index contributed by atoms with van der Waals surface area (Å²) in [7, 11) is -5.30. The van der Waals surface area contributed by atoms with Crippen molar-refractivity contribution in [3.05, 3.63) is 30.3 Å². The molecule has 0 atom stereocenters. The summed E-state index contributed by atoms with van der Waals surface area (Å²) >= 11 is 0. The summed E-state index contributed by atoms with van der Waals surface area (Å²) in [5.41, 5.74) is -5.41. The first kappa shape index (κ1) is 14.4. The molecule has 0 radical (unpaired) electrons. The Morgan fingerprint density at radius 1 is 1.07 bits per heavy atom. The van der Waals surface area contributed by atoms with Crippen LogP contribution in [-0.4, -0.2) is 32.8 Å². The van der Waals surface area contributed by atoms with Crippen LogP contribution >= 0.6 is 0 Å². The van der Waals surface area contributed by atoms with Crippen molar-refractivity contribution in [2.24, 2.45) is 0 Å². The van der Waals surface area contributed by atoms with Gasteiger partial charge in [-0.25, -0.2) is 0 Å². The van der Waals surface area contributed by atoms with Crippen molar-refractivity contribution in [3.8, 4) is 0 Å². The number of rotatable bonds is 2. The number of nitrogens with one attached hydrogen (secondary N) is 1. The molecule has 1 rings (SSSR count). The molecule has 3 nitrogen and oxygen atoms in total. The molecule has 0 heterocycles. The summed E-state index contributed by atoms with van der Waals surface area (Å²) in [6, 6.07) is 6.86. The average Bonchev–Trinajstić information content (AvgIpc) is 2.03. The van der Waals surface area contributed by atoms with Crippen LogP contribution in [0.1, 0.15) is 0 Å². The number of alkyl halides is 3. The molecule has 1 aromatic carbocycles. The maximum atomic E-state index is 11.9. The van der Waals surface area contributed by atoms with Gasteiger partial charge in [0.2, 0.25) is 0 Å². The SMILES string of the molecule is O=S(=O)(Nc1ccccc1)C(F)(F)F.[LiH]. The number of para-hydroxylation sites is 1. The van der Waals surface area contributed by atoms with Gasteiger partial charge in [-0.2, -0.15) is 21.6 Å². The van der Waals surface area contributed by atoms with E-state index < -0.39 is 15.5 Å². The van der Waals surface area contributed by atoms with Gasteiger partial charge in [-0.1, -0.05) is 18.2 Å². The molecule has 80 valence electrons. The zero-order valence-electron chi connectivity index (χ0n) is 6.75. The first-order valence-electron chi connectivity index (χ1n) is 3.47. The van der Waals surface area contributed by atoms with Gasteiger partial charge in [-0.15, -0.1) is 0 Å². The van der Waals surface area contributed by atoms with Gasteiger partial charge in [-0.3, -0.25) is 4.72 Å². The van der Waals surface area contributed by atoms with Gasteiger partial charge >= 0.3 is 34.4 Å². The normalized spacial score (nSPS) is 11.7. The fraction of sp³-hybridized carbons (Fsp3) is 0.143. The fourth-order valence-corrected chi connectivity index (χ4v) is 1.28. The minimum absolute atomic E-state index is 0. The number of halogens is 3. The number of anilines is 1. The Kier molecular flexibility index (Phi) is 4.71. The van der Waals surface area contributed by atoms with E-state index in [1.54, 1.807) is 6.07 Å². The predicted molar refractivity (Wildman–Crippen MR) is 52.2 cm³/mol. The van der Waals surface area contributed by atoms with E-state index in [0.29, 0.717) is 0 Å². The molecule has 0 bridgehead atoms. The van der Waals surface area contributed by atoms with Crippen LogP contribution < -0.4 is 4.72 Å². The van der Waals surface area contributed by atoms with Crippen LogP contribution in [0.4, 0.5) is 18.9 Å². The van der Waals surface area contributed by atoms with Gasteiger partial charge < -0.3 is 0 Å². The first-order valence-corrected chi connectivity index (χ1v) is 4.95. The Morgan fingerprint density at radius 2 is 1.53 bits per heavy atom. The van der Waals surface area contributed by atoms with Gasteiger partial charge in [0.25, 0.3) is 0 Å². The summed E-state index contributed by atoms with van der Waals surface area (Å²) in [5, 5.41) is 0.